The molecule has 0 saturated heterocycles. The molecule has 1 N–H and O–H groups in total. The lowest BCUT2D eigenvalue weighted by Crippen LogP contribution is -2.03. The van der Waals surface area contributed by atoms with Gasteiger partial charge in [0.15, 0.2) is 0 Å². The molecule has 0 saturated carbocycles. The first-order chi connectivity index (χ1) is 9.81. The summed E-state index contributed by atoms with van der Waals surface area (Å²) in [5, 5.41) is 12.8. The molecule has 0 bridgehead atoms. The van der Waals surface area contributed by atoms with Crippen LogP contribution in [0.1, 0.15) is 17.2 Å². The molecule has 2 aromatic carbocycles. The average molecular weight is 265 g/mol. The second kappa shape index (κ2) is 5.31. The molecular weight excluding hydrogens is 250 g/mol. The highest BCUT2D eigenvalue weighted by atomic mass is 16.5. The van der Waals surface area contributed by atoms with Crippen molar-refractivity contribution in [1.82, 2.24) is 4.98 Å². The summed E-state index contributed by atoms with van der Waals surface area (Å²) >= 11 is 0. The molecule has 1 unspecified atom stereocenters. The van der Waals surface area contributed by atoms with Crippen molar-refractivity contribution < 1.29 is 9.84 Å². The van der Waals surface area contributed by atoms with Gasteiger partial charge in [0.1, 0.15) is 11.9 Å². The predicted molar refractivity (Wildman–Crippen MR) is 78.8 cm³/mol. The minimum absolute atomic E-state index is 0.688. The molecule has 0 fully saturated rings. The molecule has 1 aromatic heterocycles. The standard InChI is InChI=1S/C17H15NO2/c1-20-15-7-6-12-4-2-3-5-14(12)16(15)17(19)13-8-10-18-11-9-13/h2-11,17,19H,1H3. The van der Waals surface area contributed by atoms with Crippen LogP contribution in [-0.2, 0) is 0 Å². The molecule has 3 nitrogen and oxygen atoms in total. The van der Waals surface area contributed by atoms with Crippen molar-refractivity contribution in [1.29, 1.82) is 0 Å². The summed E-state index contributed by atoms with van der Waals surface area (Å²) < 4.78 is 5.42. The molecule has 0 amide bonds. The van der Waals surface area contributed by atoms with Crippen LogP contribution in [-0.4, -0.2) is 17.2 Å². The third-order valence-electron chi connectivity index (χ3n) is 3.45. The van der Waals surface area contributed by atoms with Crippen molar-refractivity contribution in [3.05, 3.63) is 72.1 Å². The first-order valence-corrected chi connectivity index (χ1v) is 6.45. The fourth-order valence-electron chi connectivity index (χ4n) is 2.45. The zero-order chi connectivity index (χ0) is 13.9. The number of ether oxygens (including phenoxy) is 1. The van der Waals surface area contributed by atoms with E-state index in [1.165, 1.54) is 0 Å². The van der Waals surface area contributed by atoms with Gasteiger partial charge in [0.05, 0.1) is 7.11 Å². The molecule has 20 heavy (non-hydrogen) atoms. The second-order valence-electron chi connectivity index (χ2n) is 4.59. The Bertz CT molecular complexity index is 725. The molecule has 100 valence electrons. The lowest BCUT2D eigenvalue weighted by atomic mass is 9.95. The minimum Gasteiger partial charge on any atom is -0.496 e. The highest BCUT2D eigenvalue weighted by Gasteiger charge is 2.18. The zero-order valence-electron chi connectivity index (χ0n) is 11.2. The monoisotopic (exact) mass is 265 g/mol. The van der Waals surface area contributed by atoms with Gasteiger partial charge in [0, 0.05) is 18.0 Å². The van der Waals surface area contributed by atoms with Crippen LogP contribution < -0.4 is 4.74 Å². The maximum absolute atomic E-state index is 10.7. The Kier molecular flexibility index (Phi) is 3.35. The van der Waals surface area contributed by atoms with Gasteiger partial charge in [-0.05, 0) is 34.5 Å². The summed E-state index contributed by atoms with van der Waals surface area (Å²) in [6.07, 6.45) is 2.62. The molecule has 0 spiro atoms. The first kappa shape index (κ1) is 12.6. The smallest absolute Gasteiger partial charge is 0.125 e. The molecule has 3 heteroatoms. The zero-order valence-corrected chi connectivity index (χ0v) is 11.2. The topological polar surface area (TPSA) is 42.4 Å². The second-order valence-corrected chi connectivity index (χ2v) is 4.59. The van der Waals surface area contributed by atoms with Gasteiger partial charge in [0.2, 0.25) is 0 Å². The van der Waals surface area contributed by atoms with E-state index in [-0.39, 0.29) is 0 Å². The van der Waals surface area contributed by atoms with Crippen LogP contribution in [0.2, 0.25) is 0 Å². The number of nitrogens with zero attached hydrogens (tertiary/aromatic N) is 1. The Morgan fingerprint density at radius 1 is 1.00 bits per heavy atom. The SMILES string of the molecule is COc1ccc2ccccc2c1C(O)c1ccncc1. The summed E-state index contributed by atoms with van der Waals surface area (Å²) in [7, 11) is 1.62. The van der Waals surface area contributed by atoms with Crippen LogP contribution in [0.3, 0.4) is 0 Å². The molecular formula is C17H15NO2. The van der Waals surface area contributed by atoms with Crippen LogP contribution in [0, 0.1) is 0 Å². The number of hydrogen-bond donors (Lipinski definition) is 1. The highest BCUT2D eigenvalue weighted by molar-refractivity contribution is 5.88. The van der Waals surface area contributed by atoms with E-state index < -0.39 is 6.10 Å². The lowest BCUT2D eigenvalue weighted by molar-refractivity contribution is 0.216. The Hall–Kier alpha value is -2.39. The van der Waals surface area contributed by atoms with E-state index in [9.17, 15) is 5.11 Å². The predicted octanol–water partition coefficient (Wildman–Crippen LogP) is 3.33. The number of aliphatic hydroxyl groups is 1. The Labute approximate surface area is 117 Å². The van der Waals surface area contributed by atoms with E-state index in [1.807, 2.05) is 48.5 Å². The van der Waals surface area contributed by atoms with Gasteiger partial charge in [-0.15, -0.1) is 0 Å². The largest absolute Gasteiger partial charge is 0.496 e. The summed E-state index contributed by atoms with van der Waals surface area (Å²) in [6.45, 7) is 0. The number of aliphatic hydroxyl groups excluding tert-OH is 1. The fraction of sp³-hybridized carbons (Fsp3) is 0.118. The third kappa shape index (κ3) is 2.12. The summed E-state index contributed by atoms with van der Waals surface area (Å²) in [5.74, 6) is 0.688. The van der Waals surface area contributed by atoms with Gasteiger partial charge in [-0.3, -0.25) is 4.98 Å². The number of benzene rings is 2. The Morgan fingerprint density at radius 3 is 2.50 bits per heavy atom. The van der Waals surface area contributed by atoms with Gasteiger partial charge in [0.25, 0.3) is 0 Å². The van der Waals surface area contributed by atoms with Crippen LogP contribution in [0.15, 0.2) is 60.9 Å². The molecule has 1 atom stereocenters. The number of hydrogen-bond acceptors (Lipinski definition) is 3. The van der Waals surface area contributed by atoms with Crippen LogP contribution in [0.4, 0.5) is 0 Å². The maximum atomic E-state index is 10.7. The normalized spacial score (nSPS) is 12.3. The van der Waals surface area contributed by atoms with Crippen LogP contribution >= 0.6 is 0 Å². The van der Waals surface area contributed by atoms with Crippen molar-refractivity contribution in [3.63, 3.8) is 0 Å². The number of pyridine rings is 1. The number of methoxy groups -OCH3 is 1. The summed E-state index contributed by atoms with van der Waals surface area (Å²) in [5.41, 5.74) is 1.59. The van der Waals surface area contributed by atoms with Gasteiger partial charge in [-0.25, -0.2) is 0 Å². The van der Waals surface area contributed by atoms with Crippen LogP contribution in [0.5, 0.6) is 5.75 Å². The van der Waals surface area contributed by atoms with Crippen molar-refractivity contribution in [2.45, 2.75) is 6.10 Å². The molecule has 1 heterocycles. The summed E-state index contributed by atoms with van der Waals surface area (Å²) in [6, 6.07) is 15.5. The quantitative estimate of drug-likeness (QED) is 0.790. The van der Waals surface area contributed by atoms with E-state index in [2.05, 4.69) is 4.98 Å². The van der Waals surface area contributed by atoms with E-state index in [4.69, 9.17) is 4.74 Å². The first-order valence-electron chi connectivity index (χ1n) is 6.45. The number of rotatable bonds is 3. The number of aromatic nitrogens is 1. The van der Waals surface area contributed by atoms with Crippen molar-refractivity contribution in [2.24, 2.45) is 0 Å². The Balaban J connectivity index is 2.23. The van der Waals surface area contributed by atoms with E-state index >= 15 is 0 Å². The molecule has 0 aliphatic carbocycles. The molecule has 0 aliphatic rings. The van der Waals surface area contributed by atoms with Gasteiger partial charge >= 0.3 is 0 Å². The fourth-order valence-corrected chi connectivity index (χ4v) is 2.45. The molecule has 0 aliphatic heterocycles. The van der Waals surface area contributed by atoms with Crippen molar-refractivity contribution in [3.8, 4) is 5.75 Å². The Morgan fingerprint density at radius 2 is 1.75 bits per heavy atom. The number of fused-ring (bicyclic) bond motifs is 1. The van der Waals surface area contributed by atoms with E-state index in [0.717, 1.165) is 21.9 Å². The van der Waals surface area contributed by atoms with E-state index in [1.54, 1.807) is 19.5 Å². The van der Waals surface area contributed by atoms with E-state index in [0.29, 0.717) is 5.75 Å². The summed E-state index contributed by atoms with van der Waals surface area (Å²) in [4.78, 5) is 3.98. The van der Waals surface area contributed by atoms with Gasteiger partial charge in [-0.2, -0.15) is 0 Å². The van der Waals surface area contributed by atoms with Gasteiger partial charge in [-0.1, -0.05) is 30.3 Å². The van der Waals surface area contributed by atoms with Crippen molar-refractivity contribution >= 4 is 10.8 Å². The molecule has 0 radical (unpaired) electrons. The molecule has 3 rings (SSSR count). The maximum Gasteiger partial charge on any atom is 0.125 e. The lowest BCUT2D eigenvalue weighted by Gasteiger charge is -2.17. The average Bonchev–Trinajstić information content (AvgIpc) is 2.54. The van der Waals surface area contributed by atoms with Crippen LogP contribution in [0.25, 0.3) is 10.8 Å². The van der Waals surface area contributed by atoms with Crippen molar-refractivity contribution in [2.75, 3.05) is 7.11 Å². The highest BCUT2D eigenvalue weighted by Crippen LogP contribution is 2.35. The minimum atomic E-state index is -0.737. The van der Waals surface area contributed by atoms with Gasteiger partial charge < -0.3 is 9.84 Å². The third-order valence-corrected chi connectivity index (χ3v) is 3.45. The molecule has 3 aromatic rings.